The molecular formula is C14H21N5O2. The summed E-state index contributed by atoms with van der Waals surface area (Å²) in [5.74, 6) is 1.55. The second-order valence-corrected chi connectivity index (χ2v) is 5.66. The lowest BCUT2D eigenvalue weighted by Crippen LogP contribution is -2.63. The minimum atomic E-state index is 0.0798. The summed E-state index contributed by atoms with van der Waals surface area (Å²) in [4.78, 5) is 24.5. The molecule has 3 rings (SSSR count). The van der Waals surface area contributed by atoms with Crippen LogP contribution >= 0.6 is 0 Å². The highest BCUT2D eigenvalue weighted by molar-refractivity contribution is 5.78. The maximum atomic E-state index is 11.6. The number of nitrogens with one attached hydrogen (secondary N) is 1. The zero-order valence-electron chi connectivity index (χ0n) is 12.5. The van der Waals surface area contributed by atoms with E-state index in [1.807, 2.05) is 6.07 Å². The Morgan fingerprint density at radius 2 is 2.24 bits per heavy atom. The van der Waals surface area contributed by atoms with Gasteiger partial charge in [0.2, 0.25) is 11.8 Å². The lowest BCUT2D eigenvalue weighted by molar-refractivity contribution is -0.126. The summed E-state index contributed by atoms with van der Waals surface area (Å²) in [7, 11) is 3.29. The molecule has 0 aromatic carbocycles. The van der Waals surface area contributed by atoms with Gasteiger partial charge in [-0.2, -0.15) is 0 Å². The molecule has 2 aliphatic heterocycles. The van der Waals surface area contributed by atoms with E-state index in [2.05, 4.69) is 25.1 Å². The van der Waals surface area contributed by atoms with Gasteiger partial charge in [0.15, 0.2) is 0 Å². The first-order valence-electron chi connectivity index (χ1n) is 7.23. The van der Waals surface area contributed by atoms with Crippen LogP contribution in [0.2, 0.25) is 0 Å². The molecule has 0 aliphatic carbocycles. The quantitative estimate of drug-likeness (QED) is 0.834. The highest BCUT2D eigenvalue weighted by Crippen LogP contribution is 2.40. The van der Waals surface area contributed by atoms with Crippen LogP contribution in [0.25, 0.3) is 0 Å². The third-order valence-electron chi connectivity index (χ3n) is 4.62. The molecule has 21 heavy (non-hydrogen) atoms. The second kappa shape index (κ2) is 5.48. The molecule has 0 bridgehead atoms. The summed E-state index contributed by atoms with van der Waals surface area (Å²) in [6.45, 7) is 3.33. The molecule has 0 saturated carbocycles. The molecule has 1 N–H and O–H groups in total. The number of likely N-dealkylation sites (tertiary alicyclic amines) is 1. The molecule has 1 aromatic rings. The van der Waals surface area contributed by atoms with Gasteiger partial charge < -0.3 is 15.0 Å². The first-order chi connectivity index (χ1) is 10.2. The average molecular weight is 291 g/mol. The van der Waals surface area contributed by atoms with Gasteiger partial charge in [-0.25, -0.2) is 9.97 Å². The highest BCUT2D eigenvalue weighted by Gasteiger charge is 2.49. The first-order valence-corrected chi connectivity index (χ1v) is 7.23. The summed E-state index contributed by atoms with van der Waals surface area (Å²) in [5, 5.41) is 2.70. The van der Waals surface area contributed by atoms with Crippen LogP contribution in [0.15, 0.2) is 12.4 Å². The standard InChI is InChI=1S/C14H21N5O2/c1-15-12(20)8-19-6-4-14(19)3-5-18(9-14)11-7-13(21-2)17-10-16-11/h7,10H,3-6,8-9H2,1-2H3,(H,15,20). The van der Waals surface area contributed by atoms with Crippen LogP contribution in [0.5, 0.6) is 5.88 Å². The van der Waals surface area contributed by atoms with E-state index >= 15 is 0 Å². The van der Waals surface area contributed by atoms with Crippen molar-refractivity contribution in [3.63, 3.8) is 0 Å². The van der Waals surface area contributed by atoms with E-state index < -0.39 is 0 Å². The third kappa shape index (κ3) is 2.53. The molecule has 1 spiro atoms. The van der Waals surface area contributed by atoms with Crippen LogP contribution in [-0.2, 0) is 4.79 Å². The van der Waals surface area contributed by atoms with Crippen molar-refractivity contribution in [1.29, 1.82) is 0 Å². The van der Waals surface area contributed by atoms with Crippen LogP contribution in [0, 0.1) is 0 Å². The Balaban J connectivity index is 1.68. The Morgan fingerprint density at radius 3 is 2.90 bits per heavy atom. The van der Waals surface area contributed by atoms with Crippen molar-refractivity contribution < 1.29 is 9.53 Å². The predicted molar refractivity (Wildman–Crippen MR) is 78.4 cm³/mol. The first kappa shape index (κ1) is 14.1. The van der Waals surface area contributed by atoms with E-state index in [4.69, 9.17) is 4.74 Å². The van der Waals surface area contributed by atoms with E-state index in [0.29, 0.717) is 12.4 Å². The fourth-order valence-corrected chi connectivity index (χ4v) is 3.21. The number of carbonyl (C=O) groups is 1. The maximum Gasteiger partial charge on any atom is 0.233 e. The van der Waals surface area contributed by atoms with Gasteiger partial charge in [-0.1, -0.05) is 0 Å². The molecule has 114 valence electrons. The number of aromatic nitrogens is 2. The Morgan fingerprint density at radius 1 is 1.43 bits per heavy atom. The number of carbonyl (C=O) groups excluding carboxylic acids is 1. The topological polar surface area (TPSA) is 70.6 Å². The Bertz CT molecular complexity index is 538. The largest absolute Gasteiger partial charge is 0.481 e. The van der Waals surface area contributed by atoms with Gasteiger partial charge in [-0.3, -0.25) is 9.69 Å². The molecule has 1 aromatic heterocycles. The SMILES string of the molecule is CNC(=O)CN1CCC12CCN(c1cc(OC)ncn1)C2. The van der Waals surface area contributed by atoms with Gasteiger partial charge in [0.05, 0.1) is 13.7 Å². The number of anilines is 1. The zero-order chi connectivity index (χ0) is 14.9. The number of amides is 1. The smallest absolute Gasteiger partial charge is 0.233 e. The van der Waals surface area contributed by atoms with Crippen LogP contribution in [-0.4, -0.2) is 66.7 Å². The van der Waals surface area contributed by atoms with Gasteiger partial charge in [0.1, 0.15) is 12.1 Å². The minimum absolute atomic E-state index is 0.0798. The molecule has 1 atom stereocenters. The van der Waals surface area contributed by atoms with Gasteiger partial charge >= 0.3 is 0 Å². The number of methoxy groups -OCH3 is 1. The van der Waals surface area contributed by atoms with Crippen molar-refractivity contribution in [2.24, 2.45) is 0 Å². The zero-order valence-corrected chi connectivity index (χ0v) is 12.5. The lowest BCUT2D eigenvalue weighted by atomic mass is 9.83. The fourth-order valence-electron chi connectivity index (χ4n) is 3.21. The van der Waals surface area contributed by atoms with E-state index in [0.717, 1.165) is 38.3 Å². The van der Waals surface area contributed by atoms with Gasteiger partial charge in [0, 0.05) is 38.3 Å². The van der Waals surface area contributed by atoms with Crippen LogP contribution in [0.3, 0.4) is 0 Å². The minimum Gasteiger partial charge on any atom is -0.481 e. The molecule has 2 saturated heterocycles. The summed E-state index contributed by atoms with van der Waals surface area (Å²) in [6, 6.07) is 1.86. The molecule has 2 aliphatic rings. The van der Waals surface area contributed by atoms with E-state index in [-0.39, 0.29) is 11.4 Å². The Kier molecular flexibility index (Phi) is 3.67. The normalized spacial score (nSPS) is 25.0. The molecule has 1 unspecified atom stereocenters. The summed E-state index contributed by atoms with van der Waals surface area (Å²) in [5.41, 5.74) is 0.130. The van der Waals surface area contributed by atoms with E-state index in [1.54, 1.807) is 14.2 Å². The predicted octanol–water partition coefficient (Wildman–Crippen LogP) is -0.114. The van der Waals surface area contributed by atoms with Gasteiger partial charge in [0.25, 0.3) is 0 Å². The number of ether oxygens (including phenoxy) is 1. The molecule has 1 amide bonds. The molecule has 3 heterocycles. The van der Waals surface area contributed by atoms with Crippen molar-refractivity contribution in [2.75, 3.05) is 45.2 Å². The van der Waals surface area contributed by atoms with Crippen LogP contribution < -0.4 is 15.0 Å². The van der Waals surface area contributed by atoms with Crippen molar-refractivity contribution in [1.82, 2.24) is 20.2 Å². The summed E-state index contributed by atoms with van der Waals surface area (Å²) < 4.78 is 5.15. The molecule has 7 heteroatoms. The monoisotopic (exact) mass is 291 g/mol. The fraction of sp³-hybridized carbons (Fsp3) is 0.643. The molecule has 7 nitrogen and oxygen atoms in total. The summed E-state index contributed by atoms with van der Waals surface area (Å²) in [6.07, 6.45) is 3.74. The van der Waals surface area contributed by atoms with Gasteiger partial charge in [-0.05, 0) is 12.8 Å². The number of likely N-dealkylation sites (N-methyl/N-ethyl adjacent to an activating group) is 1. The third-order valence-corrected chi connectivity index (χ3v) is 4.62. The maximum absolute atomic E-state index is 11.6. The van der Waals surface area contributed by atoms with Crippen molar-refractivity contribution in [2.45, 2.75) is 18.4 Å². The number of hydrogen-bond acceptors (Lipinski definition) is 6. The number of nitrogens with zero attached hydrogens (tertiary/aromatic N) is 4. The van der Waals surface area contributed by atoms with E-state index in [9.17, 15) is 4.79 Å². The Hall–Kier alpha value is -1.89. The second-order valence-electron chi connectivity index (χ2n) is 5.66. The Labute approximate surface area is 124 Å². The van der Waals surface area contributed by atoms with Crippen LogP contribution in [0.1, 0.15) is 12.8 Å². The lowest BCUT2D eigenvalue weighted by Gasteiger charge is -2.50. The molecule has 2 fully saturated rings. The highest BCUT2D eigenvalue weighted by atomic mass is 16.5. The van der Waals surface area contributed by atoms with Crippen molar-refractivity contribution in [3.8, 4) is 5.88 Å². The molecule has 0 radical (unpaired) electrons. The van der Waals surface area contributed by atoms with Gasteiger partial charge in [-0.15, -0.1) is 0 Å². The average Bonchev–Trinajstić information content (AvgIpc) is 2.99. The number of rotatable bonds is 4. The molecular weight excluding hydrogens is 270 g/mol. The number of hydrogen-bond donors (Lipinski definition) is 1. The summed E-state index contributed by atoms with van der Waals surface area (Å²) >= 11 is 0. The van der Waals surface area contributed by atoms with Crippen LogP contribution in [0.4, 0.5) is 5.82 Å². The van der Waals surface area contributed by atoms with Crippen molar-refractivity contribution >= 4 is 11.7 Å². The van der Waals surface area contributed by atoms with E-state index in [1.165, 1.54) is 6.33 Å². The van der Waals surface area contributed by atoms with Crippen molar-refractivity contribution in [3.05, 3.63) is 12.4 Å².